The van der Waals surface area contributed by atoms with E-state index in [9.17, 15) is 13.2 Å². The minimum atomic E-state index is -2.90. The van der Waals surface area contributed by atoms with Crippen LogP contribution in [0.1, 0.15) is 16.8 Å². The molecule has 6 heteroatoms. The number of nitrogens with one attached hydrogen (secondary N) is 1. The fourth-order valence-electron chi connectivity index (χ4n) is 2.69. The molecule has 1 aromatic carbocycles. The Morgan fingerprint density at radius 2 is 2.00 bits per heavy atom. The zero-order chi connectivity index (χ0) is 15.6. The van der Waals surface area contributed by atoms with Crippen molar-refractivity contribution in [3.63, 3.8) is 0 Å². The van der Waals surface area contributed by atoms with Crippen LogP contribution in [-0.2, 0) is 9.84 Å². The lowest BCUT2D eigenvalue weighted by molar-refractivity contribution is 0.0948. The Bertz CT molecular complexity index is 766. The molecule has 1 N–H and O–H groups in total. The molecule has 2 heterocycles. The van der Waals surface area contributed by atoms with Crippen molar-refractivity contribution in [3.8, 4) is 5.69 Å². The fourth-order valence-corrected chi connectivity index (χ4v) is 4.55. The summed E-state index contributed by atoms with van der Waals surface area (Å²) in [5.74, 6) is 0.271. The lowest BCUT2D eigenvalue weighted by Gasteiger charge is -2.10. The second-order valence-electron chi connectivity index (χ2n) is 5.62. The lowest BCUT2D eigenvalue weighted by atomic mass is 10.1. The third-order valence-electron chi connectivity index (χ3n) is 3.89. The van der Waals surface area contributed by atoms with Gasteiger partial charge in [0.2, 0.25) is 0 Å². The first-order valence-corrected chi connectivity index (χ1v) is 9.08. The highest BCUT2D eigenvalue weighted by molar-refractivity contribution is 7.91. The van der Waals surface area contributed by atoms with Crippen LogP contribution in [0.3, 0.4) is 0 Å². The summed E-state index contributed by atoms with van der Waals surface area (Å²) in [6.07, 6.45) is 4.47. The number of carbonyl (C=O) groups excluding carboxylic acids is 1. The Morgan fingerprint density at radius 3 is 2.68 bits per heavy atom. The number of benzene rings is 1. The second-order valence-corrected chi connectivity index (χ2v) is 7.85. The van der Waals surface area contributed by atoms with Crippen LogP contribution in [0.2, 0.25) is 0 Å². The van der Waals surface area contributed by atoms with Crippen LogP contribution >= 0.6 is 0 Å². The summed E-state index contributed by atoms with van der Waals surface area (Å²) in [5, 5.41) is 2.84. The Morgan fingerprint density at radius 1 is 1.23 bits per heavy atom. The molecule has 1 amide bonds. The van der Waals surface area contributed by atoms with E-state index < -0.39 is 9.84 Å². The lowest BCUT2D eigenvalue weighted by Crippen LogP contribution is -2.29. The highest BCUT2D eigenvalue weighted by atomic mass is 32.2. The number of amides is 1. The fraction of sp³-hybridized carbons (Fsp3) is 0.312. The molecule has 1 unspecified atom stereocenters. The molecule has 5 nitrogen and oxygen atoms in total. The van der Waals surface area contributed by atoms with Gasteiger partial charge in [-0.3, -0.25) is 4.79 Å². The molecule has 0 saturated carbocycles. The van der Waals surface area contributed by atoms with E-state index in [0.717, 1.165) is 5.69 Å². The SMILES string of the molecule is O=C(NCC1CCS(=O)(=O)C1)c1cccc(-n2cccc2)c1. The van der Waals surface area contributed by atoms with E-state index in [1.165, 1.54) is 0 Å². The van der Waals surface area contributed by atoms with E-state index in [4.69, 9.17) is 0 Å². The first-order chi connectivity index (χ1) is 10.5. The molecule has 0 radical (unpaired) electrons. The standard InChI is InChI=1S/C16H18N2O3S/c19-16(17-11-13-6-9-22(20,21)12-13)14-4-3-5-15(10-14)18-7-1-2-8-18/h1-5,7-8,10,13H,6,9,11-12H2,(H,17,19). The molecule has 22 heavy (non-hydrogen) atoms. The molecule has 1 aromatic heterocycles. The molecule has 1 aliphatic heterocycles. The largest absolute Gasteiger partial charge is 0.352 e. The first-order valence-electron chi connectivity index (χ1n) is 7.25. The van der Waals surface area contributed by atoms with Gasteiger partial charge < -0.3 is 9.88 Å². The Labute approximate surface area is 129 Å². The van der Waals surface area contributed by atoms with E-state index in [2.05, 4.69) is 5.32 Å². The monoisotopic (exact) mass is 318 g/mol. The minimum Gasteiger partial charge on any atom is -0.352 e. The third kappa shape index (κ3) is 3.39. The summed E-state index contributed by atoms with van der Waals surface area (Å²) >= 11 is 0. The van der Waals surface area contributed by atoms with Crippen molar-refractivity contribution in [2.45, 2.75) is 6.42 Å². The predicted molar refractivity (Wildman–Crippen MR) is 84.9 cm³/mol. The number of hydrogen-bond acceptors (Lipinski definition) is 3. The maximum absolute atomic E-state index is 12.2. The summed E-state index contributed by atoms with van der Waals surface area (Å²) in [7, 11) is -2.90. The third-order valence-corrected chi connectivity index (χ3v) is 5.73. The molecule has 0 spiro atoms. The van der Waals surface area contributed by atoms with Gasteiger partial charge in [-0.05, 0) is 42.7 Å². The molecular formula is C16H18N2O3S. The van der Waals surface area contributed by atoms with E-state index in [-0.39, 0.29) is 23.3 Å². The van der Waals surface area contributed by atoms with E-state index >= 15 is 0 Å². The number of aromatic nitrogens is 1. The molecule has 116 valence electrons. The quantitative estimate of drug-likeness (QED) is 0.932. The summed E-state index contributed by atoms with van der Waals surface area (Å²) in [5.41, 5.74) is 1.49. The van der Waals surface area contributed by atoms with Crippen LogP contribution in [0.4, 0.5) is 0 Å². The normalized spacial score (nSPS) is 19.9. The van der Waals surface area contributed by atoms with Gasteiger partial charge in [0, 0.05) is 30.2 Å². The van der Waals surface area contributed by atoms with Crippen molar-refractivity contribution < 1.29 is 13.2 Å². The van der Waals surface area contributed by atoms with Gasteiger partial charge >= 0.3 is 0 Å². The number of rotatable bonds is 4. The van der Waals surface area contributed by atoms with Crippen molar-refractivity contribution >= 4 is 15.7 Å². The molecule has 0 aliphatic carbocycles. The highest BCUT2D eigenvalue weighted by Crippen LogP contribution is 2.17. The van der Waals surface area contributed by atoms with Crippen LogP contribution in [0.25, 0.3) is 5.69 Å². The molecule has 1 atom stereocenters. The van der Waals surface area contributed by atoms with Gasteiger partial charge in [-0.2, -0.15) is 0 Å². The van der Waals surface area contributed by atoms with Crippen molar-refractivity contribution in [2.24, 2.45) is 5.92 Å². The van der Waals surface area contributed by atoms with E-state index in [1.807, 2.05) is 47.3 Å². The van der Waals surface area contributed by atoms with Crippen molar-refractivity contribution in [2.75, 3.05) is 18.1 Å². The van der Waals surface area contributed by atoms with E-state index in [1.54, 1.807) is 6.07 Å². The topological polar surface area (TPSA) is 68.2 Å². The average Bonchev–Trinajstić information content (AvgIpc) is 3.14. The number of hydrogen-bond donors (Lipinski definition) is 1. The maximum atomic E-state index is 12.2. The van der Waals surface area contributed by atoms with Gasteiger partial charge in [0.15, 0.2) is 9.84 Å². The molecular weight excluding hydrogens is 300 g/mol. The molecule has 3 rings (SSSR count). The smallest absolute Gasteiger partial charge is 0.251 e. The van der Waals surface area contributed by atoms with Gasteiger partial charge in [0.1, 0.15) is 0 Å². The van der Waals surface area contributed by atoms with Gasteiger partial charge in [-0.15, -0.1) is 0 Å². The Kier molecular flexibility index (Phi) is 4.02. The molecule has 1 saturated heterocycles. The van der Waals surface area contributed by atoms with Crippen LogP contribution in [-0.4, -0.2) is 36.9 Å². The molecule has 2 aromatic rings. The van der Waals surface area contributed by atoms with Gasteiger partial charge in [0.05, 0.1) is 11.5 Å². The minimum absolute atomic E-state index is 0.0292. The second kappa shape index (κ2) is 5.96. The summed E-state index contributed by atoms with van der Waals surface area (Å²) < 4.78 is 24.8. The van der Waals surface area contributed by atoms with Crippen LogP contribution in [0.5, 0.6) is 0 Å². The Hall–Kier alpha value is -2.08. The van der Waals surface area contributed by atoms with Gasteiger partial charge in [-0.25, -0.2) is 8.42 Å². The van der Waals surface area contributed by atoms with Gasteiger partial charge in [0.25, 0.3) is 5.91 Å². The van der Waals surface area contributed by atoms with Crippen molar-refractivity contribution in [3.05, 3.63) is 54.4 Å². The summed E-state index contributed by atoms with van der Waals surface area (Å²) in [6, 6.07) is 11.2. The summed E-state index contributed by atoms with van der Waals surface area (Å²) in [4.78, 5) is 12.2. The van der Waals surface area contributed by atoms with Crippen molar-refractivity contribution in [1.29, 1.82) is 0 Å². The van der Waals surface area contributed by atoms with Crippen molar-refractivity contribution in [1.82, 2.24) is 9.88 Å². The summed E-state index contributed by atoms with van der Waals surface area (Å²) in [6.45, 7) is 0.409. The Balaban J connectivity index is 1.64. The van der Waals surface area contributed by atoms with E-state index in [0.29, 0.717) is 18.5 Å². The number of nitrogens with zero attached hydrogens (tertiary/aromatic N) is 1. The van der Waals surface area contributed by atoms with Crippen LogP contribution in [0.15, 0.2) is 48.8 Å². The predicted octanol–water partition coefficient (Wildman–Crippen LogP) is 1.64. The average molecular weight is 318 g/mol. The molecule has 1 fully saturated rings. The zero-order valence-corrected chi connectivity index (χ0v) is 12.9. The maximum Gasteiger partial charge on any atom is 0.251 e. The van der Waals surface area contributed by atoms with Crippen LogP contribution < -0.4 is 5.32 Å². The first kappa shape index (κ1) is 14.8. The molecule has 1 aliphatic rings. The van der Waals surface area contributed by atoms with Crippen LogP contribution in [0, 0.1) is 5.92 Å². The highest BCUT2D eigenvalue weighted by Gasteiger charge is 2.27. The molecule has 0 bridgehead atoms. The number of sulfone groups is 1. The number of carbonyl (C=O) groups is 1. The van der Waals surface area contributed by atoms with Gasteiger partial charge in [-0.1, -0.05) is 6.07 Å². The zero-order valence-electron chi connectivity index (χ0n) is 12.1.